The predicted molar refractivity (Wildman–Crippen MR) is 98.2 cm³/mol. The molecule has 5 nitrogen and oxygen atoms in total. The van der Waals surface area contributed by atoms with Gasteiger partial charge in [0, 0.05) is 10.7 Å². The van der Waals surface area contributed by atoms with Crippen molar-refractivity contribution in [1.29, 1.82) is 0 Å². The third kappa shape index (κ3) is 4.72. The lowest BCUT2D eigenvalue weighted by Gasteiger charge is -2.23. The van der Waals surface area contributed by atoms with Crippen molar-refractivity contribution in [2.75, 3.05) is 22.4 Å². The molecule has 0 fully saturated rings. The number of rotatable bonds is 5. The summed E-state index contributed by atoms with van der Waals surface area (Å²) in [5.74, 6) is -0.427. The summed E-state index contributed by atoms with van der Waals surface area (Å²) in [6.45, 7) is 3.38. The molecule has 0 heterocycles. The molecule has 0 aromatic heterocycles. The third-order valence-corrected chi connectivity index (χ3v) is 4.82. The molecule has 7 heteroatoms. The van der Waals surface area contributed by atoms with E-state index in [9.17, 15) is 13.2 Å². The molecule has 0 saturated carbocycles. The standard InChI is InChI=1S/C17H19ClN2O3S/c1-12-4-8-15(9-5-12)19-17(21)11-20(24(3,22)23)16-10-14(18)7-6-13(16)2/h4-10H,11H2,1-3H3,(H,19,21). The number of nitrogens with one attached hydrogen (secondary N) is 1. The number of sulfonamides is 1. The second kappa shape index (κ2) is 7.23. The fraction of sp³-hybridized carbons (Fsp3) is 0.235. The quantitative estimate of drug-likeness (QED) is 0.882. The Morgan fingerprint density at radius 3 is 2.33 bits per heavy atom. The van der Waals surface area contributed by atoms with E-state index < -0.39 is 15.9 Å². The maximum atomic E-state index is 12.3. The highest BCUT2D eigenvalue weighted by Crippen LogP contribution is 2.26. The zero-order valence-corrected chi connectivity index (χ0v) is 15.3. The maximum Gasteiger partial charge on any atom is 0.245 e. The van der Waals surface area contributed by atoms with Gasteiger partial charge in [-0.15, -0.1) is 0 Å². The van der Waals surface area contributed by atoms with Crippen LogP contribution in [0.2, 0.25) is 5.02 Å². The Kier molecular flexibility index (Phi) is 5.51. The van der Waals surface area contributed by atoms with Gasteiger partial charge in [0.25, 0.3) is 0 Å². The summed E-state index contributed by atoms with van der Waals surface area (Å²) in [4.78, 5) is 12.3. The second-order valence-electron chi connectivity index (χ2n) is 5.61. The first-order chi connectivity index (χ1) is 11.2. The molecule has 2 aromatic rings. The number of halogens is 1. The molecule has 1 N–H and O–H groups in total. The van der Waals surface area contributed by atoms with Crippen LogP contribution in [0.25, 0.3) is 0 Å². The van der Waals surface area contributed by atoms with Crippen molar-refractivity contribution in [3.63, 3.8) is 0 Å². The molecule has 0 radical (unpaired) electrons. The Hall–Kier alpha value is -2.05. The summed E-state index contributed by atoms with van der Waals surface area (Å²) in [6, 6.07) is 12.2. The molecule has 0 aliphatic carbocycles. The van der Waals surface area contributed by atoms with Crippen LogP contribution in [0.4, 0.5) is 11.4 Å². The average Bonchev–Trinajstić information content (AvgIpc) is 2.49. The molecular formula is C17H19ClN2O3S. The van der Waals surface area contributed by atoms with E-state index in [0.29, 0.717) is 22.0 Å². The maximum absolute atomic E-state index is 12.3. The Morgan fingerprint density at radius 2 is 1.75 bits per heavy atom. The van der Waals surface area contributed by atoms with Crippen LogP contribution in [0.1, 0.15) is 11.1 Å². The summed E-state index contributed by atoms with van der Waals surface area (Å²) < 4.78 is 25.3. The molecule has 2 aromatic carbocycles. The van der Waals surface area contributed by atoms with E-state index in [-0.39, 0.29) is 6.54 Å². The molecule has 0 saturated heterocycles. The van der Waals surface area contributed by atoms with E-state index in [1.54, 1.807) is 31.2 Å². The SMILES string of the molecule is Cc1ccc(NC(=O)CN(c2cc(Cl)ccc2C)S(C)(=O)=O)cc1. The summed E-state index contributed by atoms with van der Waals surface area (Å²) >= 11 is 5.97. The summed E-state index contributed by atoms with van der Waals surface area (Å²) in [7, 11) is -3.64. The number of amides is 1. The van der Waals surface area contributed by atoms with Gasteiger partial charge >= 0.3 is 0 Å². The number of carbonyl (C=O) groups is 1. The van der Waals surface area contributed by atoms with Crippen LogP contribution in [0.3, 0.4) is 0 Å². The third-order valence-electron chi connectivity index (χ3n) is 3.46. The average molecular weight is 367 g/mol. The molecule has 0 bridgehead atoms. The van der Waals surface area contributed by atoms with Crippen molar-refractivity contribution < 1.29 is 13.2 Å². The Balaban J connectivity index is 2.25. The van der Waals surface area contributed by atoms with E-state index in [1.165, 1.54) is 6.07 Å². The highest BCUT2D eigenvalue weighted by Gasteiger charge is 2.22. The number of carbonyl (C=O) groups excluding carboxylic acids is 1. The number of nitrogens with zero attached hydrogens (tertiary/aromatic N) is 1. The van der Waals surface area contributed by atoms with Gasteiger partial charge < -0.3 is 5.32 Å². The van der Waals surface area contributed by atoms with Crippen molar-refractivity contribution in [2.45, 2.75) is 13.8 Å². The van der Waals surface area contributed by atoms with Crippen LogP contribution in [-0.2, 0) is 14.8 Å². The van der Waals surface area contributed by atoms with E-state index in [0.717, 1.165) is 16.1 Å². The van der Waals surface area contributed by atoms with Crippen LogP contribution in [0.5, 0.6) is 0 Å². The lowest BCUT2D eigenvalue weighted by molar-refractivity contribution is -0.114. The molecule has 0 unspecified atom stereocenters. The van der Waals surface area contributed by atoms with Gasteiger partial charge in [-0.05, 0) is 43.7 Å². The second-order valence-corrected chi connectivity index (χ2v) is 7.96. The van der Waals surface area contributed by atoms with Crippen LogP contribution >= 0.6 is 11.6 Å². The smallest absolute Gasteiger partial charge is 0.245 e. The van der Waals surface area contributed by atoms with Gasteiger partial charge in [0.2, 0.25) is 15.9 Å². The Labute approximate surface area is 147 Å². The fourth-order valence-corrected chi connectivity index (χ4v) is 3.27. The zero-order chi connectivity index (χ0) is 17.9. The van der Waals surface area contributed by atoms with Crippen LogP contribution in [0, 0.1) is 13.8 Å². The minimum atomic E-state index is -3.64. The largest absolute Gasteiger partial charge is 0.325 e. The van der Waals surface area contributed by atoms with Crippen LogP contribution < -0.4 is 9.62 Å². The van der Waals surface area contributed by atoms with Crippen molar-refractivity contribution in [2.24, 2.45) is 0 Å². The molecular weight excluding hydrogens is 348 g/mol. The van der Waals surface area contributed by atoms with E-state index in [1.807, 2.05) is 19.1 Å². The molecule has 0 atom stereocenters. The topological polar surface area (TPSA) is 66.5 Å². The molecule has 0 aliphatic heterocycles. The van der Waals surface area contributed by atoms with E-state index >= 15 is 0 Å². The molecule has 24 heavy (non-hydrogen) atoms. The highest BCUT2D eigenvalue weighted by atomic mass is 35.5. The van der Waals surface area contributed by atoms with Crippen LogP contribution in [0.15, 0.2) is 42.5 Å². The summed E-state index contributed by atoms with van der Waals surface area (Å²) in [6.07, 6.45) is 1.06. The Bertz CT molecular complexity index is 849. The van der Waals surface area contributed by atoms with Gasteiger partial charge in [0.05, 0.1) is 11.9 Å². The van der Waals surface area contributed by atoms with Crippen molar-refractivity contribution >= 4 is 38.9 Å². The highest BCUT2D eigenvalue weighted by molar-refractivity contribution is 7.92. The van der Waals surface area contributed by atoms with Gasteiger partial charge in [-0.3, -0.25) is 9.10 Å². The summed E-state index contributed by atoms with van der Waals surface area (Å²) in [5, 5.41) is 3.10. The van der Waals surface area contributed by atoms with E-state index in [2.05, 4.69) is 5.32 Å². The van der Waals surface area contributed by atoms with Gasteiger partial charge in [-0.2, -0.15) is 0 Å². The zero-order valence-electron chi connectivity index (χ0n) is 13.7. The van der Waals surface area contributed by atoms with Crippen molar-refractivity contribution in [3.05, 3.63) is 58.6 Å². The summed E-state index contributed by atoms with van der Waals surface area (Å²) in [5.41, 5.74) is 2.79. The molecule has 0 spiro atoms. The number of hydrogen-bond acceptors (Lipinski definition) is 3. The van der Waals surface area contributed by atoms with Crippen LogP contribution in [-0.4, -0.2) is 27.1 Å². The number of benzene rings is 2. The molecule has 1 amide bonds. The first-order valence-corrected chi connectivity index (χ1v) is 9.50. The van der Waals surface area contributed by atoms with E-state index in [4.69, 9.17) is 11.6 Å². The molecule has 0 aliphatic rings. The lowest BCUT2D eigenvalue weighted by atomic mass is 10.2. The van der Waals surface area contributed by atoms with Gasteiger partial charge in [0.15, 0.2) is 0 Å². The van der Waals surface area contributed by atoms with Gasteiger partial charge in [-0.1, -0.05) is 35.4 Å². The fourth-order valence-electron chi connectivity index (χ4n) is 2.20. The number of aryl methyl sites for hydroxylation is 2. The van der Waals surface area contributed by atoms with Gasteiger partial charge in [0.1, 0.15) is 6.54 Å². The van der Waals surface area contributed by atoms with Crippen molar-refractivity contribution in [3.8, 4) is 0 Å². The lowest BCUT2D eigenvalue weighted by Crippen LogP contribution is -2.37. The normalized spacial score (nSPS) is 11.2. The Morgan fingerprint density at radius 1 is 1.12 bits per heavy atom. The molecule has 2 rings (SSSR count). The number of hydrogen-bond donors (Lipinski definition) is 1. The van der Waals surface area contributed by atoms with Crippen molar-refractivity contribution in [1.82, 2.24) is 0 Å². The number of anilines is 2. The first-order valence-electron chi connectivity index (χ1n) is 7.27. The predicted octanol–water partition coefficient (Wildman–Crippen LogP) is 3.36. The molecule has 128 valence electrons. The first kappa shape index (κ1) is 18.3. The minimum absolute atomic E-state index is 0.326. The van der Waals surface area contributed by atoms with Gasteiger partial charge in [-0.25, -0.2) is 8.42 Å². The minimum Gasteiger partial charge on any atom is -0.325 e. The monoisotopic (exact) mass is 366 g/mol.